The van der Waals surface area contributed by atoms with Gasteiger partial charge in [-0.1, -0.05) is 12.2 Å². The van der Waals surface area contributed by atoms with E-state index in [9.17, 15) is 9.59 Å². The Kier molecular flexibility index (Phi) is 3.11. The fourth-order valence-electron chi connectivity index (χ4n) is 3.63. The molecule has 3 nitrogen and oxygen atoms in total. The zero-order valence-electron chi connectivity index (χ0n) is 10.7. The Morgan fingerprint density at radius 1 is 1.47 bits per heavy atom. The van der Waals surface area contributed by atoms with Crippen molar-refractivity contribution in [3.8, 4) is 0 Å². The van der Waals surface area contributed by atoms with Crippen molar-refractivity contribution >= 4 is 11.8 Å². The summed E-state index contributed by atoms with van der Waals surface area (Å²) in [4.78, 5) is 23.2. The van der Waals surface area contributed by atoms with Crippen LogP contribution in [0.15, 0.2) is 12.2 Å². The van der Waals surface area contributed by atoms with Crippen LogP contribution in [0.3, 0.4) is 0 Å². The van der Waals surface area contributed by atoms with Gasteiger partial charge in [-0.25, -0.2) is 0 Å². The molecule has 1 saturated heterocycles. The molecule has 5 atom stereocenters. The number of fused-ring (bicyclic) bond motifs is 2. The molecule has 2 rings (SSSR count). The van der Waals surface area contributed by atoms with Gasteiger partial charge in [-0.15, -0.1) is 0 Å². The molecule has 0 radical (unpaired) electrons. The summed E-state index contributed by atoms with van der Waals surface area (Å²) in [6, 6.07) is 0. The van der Waals surface area contributed by atoms with Crippen molar-refractivity contribution in [2.24, 2.45) is 23.7 Å². The van der Waals surface area contributed by atoms with Crippen molar-refractivity contribution in [1.82, 2.24) is 0 Å². The van der Waals surface area contributed by atoms with Crippen molar-refractivity contribution in [3.05, 3.63) is 12.2 Å². The smallest absolute Gasteiger partial charge is 0.309 e. The van der Waals surface area contributed by atoms with E-state index in [2.05, 4.69) is 6.58 Å². The quantitative estimate of drug-likeness (QED) is 0.558. The molecule has 2 aliphatic rings. The molecule has 0 spiro atoms. The first kappa shape index (κ1) is 12.3. The Balaban J connectivity index is 2.31. The van der Waals surface area contributed by atoms with Gasteiger partial charge in [0.1, 0.15) is 11.9 Å². The summed E-state index contributed by atoms with van der Waals surface area (Å²) in [5.41, 5.74) is 1.08. The topological polar surface area (TPSA) is 43.4 Å². The predicted octanol–water partition coefficient (Wildman–Crippen LogP) is 2.36. The Morgan fingerprint density at radius 2 is 2.12 bits per heavy atom. The Hall–Kier alpha value is -1.12. The van der Waals surface area contributed by atoms with E-state index in [-0.39, 0.29) is 35.6 Å². The molecule has 0 amide bonds. The monoisotopic (exact) mass is 236 g/mol. The summed E-state index contributed by atoms with van der Waals surface area (Å²) in [6.45, 7) is 9.57. The third-order valence-corrected chi connectivity index (χ3v) is 4.27. The number of Topliss-reactive ketones (excluding diaryl/α,β-unsaturated/α-hetero) is 1. The van der Waals surface area contributed by atoms with E-state index in [1.54, 1.807) is 6.92 Å². The molecular formula is C14H20O3. The van der Waals surface area contributed by atoms with Crippen LogP contribution in [-0.4, -0.2) is 17.9 Å². The Morgan fingerprint density at radius 3 is 2.65 bits per heavy atom. The summed E-state index contributed by atoms with van der Waals surface area (Å²) in [6.07, 6.45) is 1.29. The van der Waals surface area contributed by atoms with E-state index in [1.165, 1.54) is 0 Å². The first-order chi connectivity index (χ1) is 7.91. The molecule has 3 heteroatoms. The SMILES string of the molecule is C=C(C)C1C2CC(C(=O)OC2C)C1CC(C)=O. The van der Waals surface area contributed by atoms with Gasteiger partial charge in [0.05, 0.1) is 5.92 Å². The molecule has 17 heavy (non-hydrogen) atoms. The first-order valence-electron chi connectivity index (χ1n) is 6.27. The number of ketones is 1. The fourth-order valence-corrected chi connectivity index (χ4v) is 3.63. The van der Waals surface area contributed by atoms with E-state index in [0.717, 1.165) is 12.0 Å². The van der Waals surface area contributed by atoms with Crippen LogP contribution in [-0.2, 0) is 14.3 Å². The highest BCUT2D eigenvalue weighted by Gasteiger charge is 2.53. The molecule has 1 aliphatic heterocycles. The van der Waals surface area contributed by atoms with Crippen molar-refractivity contribution in [1.29, 1.82) is 0 Å². The van der Waals surface area contributed by atoms with Gasteiger partial charge in [-0.3, -0.25) is 4.79 Å². The molecule has 5 unspecified atom stereocenters. The summed E-state index contributed by atoms with van der Waals surface area (Å²) in [5.74, 6) is 0.636. The van der Waals surface area contributed by atoms with E-state index in [1.807, 2.05) is 13.8 Å². The van der Waals surface area contributed by atoms with Gasteiger partial charge in [0.15, 0.2) is 0 Å². The number of allylic oxidation sites excluding steroid dienone is 1. The van der Waals surface area contributed by atoms with Crippen LogP contribution in [0.4, 0.5) is 0 Å². The molecular weight excluding hydrogens is 216 g/mol. The average molecular weight is 236 g/mol. The van der Waals surface area contributed by atoms with Gasteiger partial charge in [-0.2, -0.15) is 0 Å². The summed E-state index contributed by atoms with van der Waals surface area (Å²) in [5, 5.41) is 0. The largest absolute Gasteiger partial charge is 0.462 e. The molecule has 94 valence electrons. The zero-order valence-corrected chi connectivity index (χ0v) is 10.7. The number of rotatable bonds is 3. The van der Waals surface area contributed by atoms with Crippen molar-refractivity contribution in [2.75, 3.05) is 0 Å². The molecule has 0 aromatic heterocycles. The second kappa shape index (κ2) is 4.28. The fraction of sp³-hybridized carbons (Fsp3) is 0.714. The van der Waals surface area contributed by atoms with Crippen LogP contribution in [0.2, 0.25) is 0 Å². The number of ether oxygens (including phenoxy) is 1. The standard InChI is InChI=1S/C14H20O3/c1-7(2)13-10-6-12(11(13)5-8(3)15)14(16)17-9(10)4/h9-13H,1,5-6H2,2-4H3. The lowest BCUT2D eigenvalue weighted by Crippen LogP contribution is -2.32. The van der Waals surface area contributed by atoms with E-state index in [0.29, 0.717) is 12.3 Å². The van der Waals surface area contributed by atoms with Crippen LogP contribution in [0, 0.1) is 23.7 Å². The second-order valence-electron chi connectivity index (χ2n) is 5.59. The van der Waals surface area contributed by atoms with Crippen molar-refractivity contribution in [3.63, 3.8) is 0 Å². The summed E-state index contributed by atoms with van der Waals surface area (Å²) >= 11 is 0. The lowest BCUT2D eigenvalue weighted by Gasteiger charge is -2.28. The number of esters is 1. The Bertz CT molecular complexity index is 372. The third kappa shape index (κ3) is 2.03. The molecule has 2 bridgehead atoms. The Labute approximate surface area is 102 Å². The van der Waals surface area contributed by atoms with Crippen LogP contribution in [0.5, 0.6) is 0 Å². The minimum Gasteiger partial charge on any atom is -0.462 e. The van der Waals surface area contributed by atoms with Gasteiger partial charge in [0.25, 0.3) is 0 Å². The summed E-state index contributed by atoms with van der Waals surface area (Å²) < 4.78 is 5.37. The van der Waals surface area contributed by atoms with Crippen LogP contribution >= 0.6 is 0 Å². The van der Waals surface area contributed by atoms with Crippen molar-refractivity contribution < 1.29 is 14.3 Å². The predicted molar refractivity (Wildman–Crippen MR) is 64.2 cm³/mol. The number of carbonyl (C=O) groups excluding carboxylic acids is 2. The maximum Gasteiger partial charge on any atom is 0.309 e. The highest BCUT2D eigenvalue weighted by Crippen LogP contribution is 2.51. The van der Waals surface area contributed by atoms with Crippen LogP contribution in [0.1, 0.15) is 33.6 Å². The molecule has 1 saturated carbocycles. The van der Waals surface area contributed by atoms with Crippen LogP contribution < -0.4 is 0 Å². The third-order valence-electron chi connectivity index (χ3n) is 4.27. The molecule has 1 heterocycles. The molecule has 0 aromatic carbocycles. The normalized spacial score (nSPS) is 39.9. The van der Waals surface area contributed by atoms with Gasteiger partial charge in [0.2, 0.25) is 0 Å². The number of cyclic esters (lactones) is 1. The van der Waals surface area contributed by atoms with Crippen LogP contribution in [0.25, 0.3) is 0 Å². The minimum atomic E-state index is -0.122. The van der Waals surface area contributed by atoms with Gasteiger partial charge >= 0.3 is 5.97 Å². The maximum absolute atomic E-state index is 11.9. The molecule has 0 N–H and O–H groups in total. The van der Waals surface area contributed by atoms with Gasteiger partial charge < -0.3 is 9.53 Å². The number of hydrogen-bond acceptors (Lipinski definition) is 3. The second-order valence-corrected chi connectivity index (χ2v) is 5.59. The summed E-state index contributed by atoms with van der Waals surface area (Å²) in [7, 11) is 0. The minimum absolute atomic E-state index is 0.0441. The van der Waals surface area contributed by atoms with E-state index < -0.39 is 0 Å². The highest BCUT2D eigenvalue weighted by atomic mass is 16.5. The highest BCUT2D eigenvalue weighted by molar-refractivity contribution is 5.79. The lowest BCUT2D eigenvalue weighted by atomic mass is 9.79. The lowest BCUT2D eigenvalue weighted by molar-refractivity contribution is -0.160. The molecule has 2 fully saturated rings. The zero-order chi connectivity index (χ0) is 12.7. The molecule has 1 aliphatic carbocycles. The average Bonchev–Trinajstić information content (AvgIpc) is 2.51. The number of hydrogen-bond donors (Lipinski definition) is 0. The molecule has 0 aromatic rings. The van der Waals surface area contributed by atoms with E-state index >= 15 is 0 Å². The number of carbonyl (C=O) groups is 2. The van der Waals surface area contributed by atoms with Gasteiger partial charge in [0, 0.05) is 12.3 Å². The van der Waals surface area contributed by atoms with Gasteiger partial charge in [-0.05, 0) is 39.0 Å². The maximum atomic E-state index is 11.9. The van der Waals surface area contributed by atoms with E-state index in [4.69, 9.17) is 4.74 Å². The van der Waals surface area contributed by atoms with Crippen molar-refractivity contribution in [2.45, 2.75) is 39.7 Å². The first-order valence-corrected chi connectivity index (χ1v) is 6.27.